The highest BCUT2D eigenvalue weighted by molar-refractivity contribution is 9.10. The van der Waals surface area contributed by atoms with Crippen molar-refractivity contribution in [1.82, 2.24) is 0 Å². The lowest BCUT2D eigenvalue weighted by molar-refractivity contribution is -0.111. The first-order valence-electron chi connectivity index (χ1n) is 10.0. The molecule has 33 heavy (non-hydrogen) atoms. The second kappa shape index (κ2) is 11.9. The van der Waals surface area contributed by atoms with Crippen molar-refractivity contribution in [1.29, 1.82) is 0 Å². The quantitative estimate of drug-likeness (QED) is 0.344. The van der Waals surface area contributed by atoms with Gasteiger partial charge in [0.1, 0.15) is 9.88 Å². The van der Waals surface area contributed by atoms with E-state index in [9.17, 15) is 14.4 Å². The third kappa shape index (κ3) is 6.58. The zero-order valence-electron chi connectivity index (χ0n) is 19.2. The number of benzene rings is 1. The van der Waals surface area contributed by atoms with Crippen LogP contribution in [-0.4, -0.2) is 44.8 Å². The van der Waals surface area contributed by atoms with Gasteiger partial charge in [-0.15, -0.1) is 11.3 Å². The predicted molar refractivity (Wildman–Crippen MR) is 130 cm³/mol. The van der Waals surface area contributed by atoms with Crippen molar-refractivity contribution in [2.75, 3.05) is 26.1 Å². The number of anilines is 1. The third-order valence-corrected chi connectivity index (χ3v) is 6.05. The molecule has 0 spiro atoms. The van der Waals surface area contributed by atoms with E-state index in [1.54, 1.807) is 45.9 Å². The Hall–Kier alpha value is -2.85. The third-order valence-electron chi connectivity index (χ3n) is 4.27. The molecule has 178 valence electrons. The Morgan fingerprint density at radius 3 is 2.42 bits per heavy atom. The summed E-state index contributed by atoms with van der Waals surface area (Å²) < 4.78 is 21.6. The number of amides is 1. The number of halogens is 1. The molecule has 0 atom stereocenters. The van der Waals surface area contributed by atoms with E-state index in [1.165, 1.54) is 20.3 Å². The van der Waals surface area contributed by atoms with Crippen LogP contribution in [0.4, 0.5) is 5.00 Å². The molecule has 0 fully saturated rings. The molecule has 2 rings (SSSR count). The summed E-state index contributed by atoms with van der Waals surface area (Å²) in [5.41, 5.74) is 1.21. The zero-order chi connectivity index (χ0) is 24.7. The van der Waals surface area contributed by atoms with Gasteiger partial charge in [0, 0.05) is 6.08 Å². The topological polar surface area (TPSA) is 100 Å². The van der Waals surface area contributed by atoms with E-state index in [0.717, 1.165) is 11.3 Å². The Morgan fingerprint density at radius 1 is 1.15 bits per heavy atom. The van der Waals surface area contributed by atoms with Crippen LogP contribution in [0.3, 0.4) is 0 Å². The van der Waals surface area contributed by atoms with Crippen molar-refractivity contribution in [3.8, 4) is 11.5 Å². The summed E-state index contributed by atoms with van der Waals surface area (Å²) in [6, 6.07) is 3.48. The van der Waals surface area contributed by atoms with Gasteiger partial charge < -0.3 is 24.3 Å². The van der Waals surface area contributed by atoms with Crippen molar-refractivity contribution in [3.63, 3.8) is 0 Å². The highest BCUT2D eigenvalue weighted by atomic mass is 79.9. The monoisotopic (exact) mass is 539 g/mol. The van der Waals surface area contributed by atoms with Crippen molar-refractivity contribution in [2.45, 2.75) is 33.8 Å². The van der Waals surface area contributed by atoms with E-state index < -0.39 is 17.8 Å². The van der Waals surface area contributed by atoms with Crippen LogP contribution in [0.25, 0.3) is 6.08 Å². The normalized spacial score (nSPS) is 10.9. The molecule has 0 aliphatic heterocycles. The van der Waals surface area contributed by atoms with Crippen molar-refractivity contribution < 1.29 is 33.3 Å². The lowest BCUT2D eigenvalue weighted by Gasteiger charge is -2.10. The van der Waals surface area contributed by atoms with Gasteiger partial charge in [-0.3, -0.25) is 4.79 Å². The molecular formula is C23H26BrNO7S. The number of carbonyl (C=O) groups excluding carboxylic acids is 3. The van der Waals surface area contributed by atoms with Crippen LogP contribution in [0.15, 0.2) is 22.7 Å². The minimum Gasteiger partial charge on any atom is -0.493 e. The maximum atomic E-state index is 12.6. The molecule has 8 nitrogen and oxygen atoms in total. The van der Waals surface area contributed by atoms with E-state index in [4.69, 9.17) is 18.9 Å². The molecule has 0 unspecified atom stereocenters. The number of methoxy groups -OCH3 is 2. The minimum atomic E-state index is -0.627. The standard InChI is InChI=1S/C23H26BrNO7S/c1-7-31-22(27)18-13(4)20(23(28)32-12(2)3)33-21(18)25-17(26)9-8-14-10-15(24)19(30-6)16(11-14)29-5/h8-12H,7H2,1-6H3,(H,25,26)/b9-8+. The van der Waals surface area contributed by atoms with E-state index >= 15 is 0 Å². The molecule has 1 amide bonds. The van der Waals surface area contributed by atoms with Crippen LogP contribution < -0.4 is 14.8 Å². The fraction of sp³-hybridized carbons (Fsp3) is 0.348. The van der Waals surface area contributed by atoms with Gasteiger partial charge in [0.05, 0.1) is 37.0 Å². The predicted octanol–water partition coefficient (Wildman–Crippen LogP) is 5.23. The molecule has 0 saturated carbocycles. The second-order valence-electron chi connectivity index (χ2n) is 7.00. The number of carbonyl (C=O) groups is 3. The second-order valence-corrected chi connectivity index (χ2v) is 8.87. The first kappa shape index (κ1) is 26.4. The average molecular weight is 540 g/mol. The molecule has 1 aromatic carbocycles. The summed E-state index contributed by atoms with van der Waals surface area (Å²) in [6.45, 7) is 6.91. The highest BCUT2D eigenvalue weighted by Gasteiger charge is 2.27. The Morgan fingerprint density at radius 2 is 1.85 bits per heavy atom. The lowest BCUT2D eigenvalue weighted by atomic mass is 10.1. The number of hydrogen-bond acceptors (Lipinski definition) is 8. The van der Waals surface area contributed by atoms with Gasteiger partial charge in [-0.1, -0.05) is 0 Å². The number of hydrogen-bond donors (Lipinski definition) is 1. The highest BCUT2D eigenvalue weighted by Crippen LogP contribution is 2.37. The van der Waals surface area contributed by atoms with Crippen molar-refractivity contribution in [3.05, 3.63) is 44.2 Å². The van der Waals surface area contributed by atoms with Crippen molar-refractivity contribution >= 4 is 56.2 Å². The van der Waals surface area contributed by atoms with Crippen LogP contribution in [0.5, 0.6) is 11.5 Å². The Bertz CT molecular complexity index is 1080. The fourth-order valence-electron chi connectivity index (χ4n) is 2.87. The summed E-state index contributed by atoms with van der Waals surface area (Å²) >= 11 is 4.38. The van der Waals surface area contributed by atoms with E-state index in [0.29, 0.717) is 27.1 Å². The SMILES string of the molecule is CCOC(=O)c1c(NC(=O)/C=C/c2cc(Br)c(OC)c(OC)c2)sc(C(=O)OC(C)C)c1C. The smallest absolute Gasteiger partial charge is 0.348 e. The number of nitrogens with one attached hydrogen (secondary N) is 1. The molecule has 0 radical (unpaired) electrons. The summed E-state index contributed by atoms with van der Waals surface area (Å²) in [4.78, 5) is 37.8. The first-order valence-corrected chi connectivity index (χ1v) is 11.7. The van der Waals surface area contributed by atoms with Gasteiger partial charge in [0.15, 0.2) is 11.5 Å². The number of thiophene rings is 1. The van der Waals surface area contributed by atoms with Gasteiger partial charge in [-0.2, -0.15) is 0 Å². The van der Waals surface area contributed by atoms with E-state index in [-0.39, 0.29) is 28.2 Å². The average Bonchev–Trinajstić information content (AvgIpc) is 3.07. The maximum absolute atomic E-state index is 12.6. The van der Waals surface area contributed by atoms with Gasteiger partial charge >= 0.3 is 11.9 Å². The molecule has 1 heterocycles. The van der Waals surface area contributed by atoms with Crippen LogP contribution in [-0.2, 0) is 14.3 Å². The van der Waals surface area contributed by atoms with E-state index in [2.05, 4.69) is 21.2 Å². The van der Waals surface area contributed by atoms with Gasteiger partial charge in [-0.05, 0) is 73.0 Å². The molecular weight excluding hydrogens is 514 g/mol. The van der Waals surface area contributed by atoms with Crippen LogP contribution in [0.1, 0.15) is 51.9 Å². The van der Waals surface area contributed by atoms with Crippen LogP contribution in [0.2, 0.25) is 0 Å². The summed E-state index contributed by atoms with van der Waals surface area (Å²) in [5, 5.41) is 2.88. The van der Waals surface area contributed by atoms with Gasteiger partial charge in [0.25, 0.3) is 0 Å². The Labute approximate surface area is 205 Å². The first-order chi connectivity index (χ1) is 15.6. The largest absolute Gasteiger partial charge is 0.493 e. The maximum Gasteiger partial charge on any atom is 0.348 e. The number of rotatable bonds is 9. The summed E-state index contributed by atoms with van der Waals surface area (Å²) in [5.74, 6) is -0.648. The molecule has 0 aliphatic carbocycles. The Kier molecular flexibility index (Phi) is 9.48. The van der Waals surface area contributed by atoms with Crippen LogP contribution in [0, 0.1) is 6.92 Å². The molecule has 0 bridgehead atoms. The summed E-state index contributed by atoms with van der Waals surface area (Å²) in [6.07, 6.45) is 2.57. The molecule has 2 aromatic rings. The van der Waals surface area contributed by atoms with Crippen LogP contribution >= 0.6 is 27.3 Å². The number of esters is 2. The van der Waals surface area contributed by atoms with E-state index in [1.807, 2.05) is 0 Å². The Balaban J connectivity index is 2.33. The minimum absolute atomic E-state index is 0.133. The molecule has 10 heteroatoms. The van der Waals surface area contributed by atoms with Crippen molar-refractivity contribution in [2.24, 2.45) is 0 Å². The summed E-state index contributed by atoms with van der Waals surface area (Å²) in [7, 11) is 3.04. The molecule has 0 saturated heterocycles. The zero-order valence-corrected chi connectivity index (χ0v) is 21.6. The molecule has 1 N–H and O–H groups in total. The lowest BCUT2D eigenvalue weighted by Crippen LogP contribution is -2.13. The number of ether oxygens (including phenoxy) is 4. The van der Waals surface area contributed by atoms with Gasteiger partial charge in [0.2, 0.25) is 5.91 Å². The fourth-order valence-corrected chi connectivity index (χ4v) is 4.57. The molecule has 1 aromatic heterocycles. The molecule has 0 aliphatic rings. The van der Waals surface area contributed by atoms with Gasteiger partial charge in [-0.25, -0.2) is 9.59 Å².